The van der Waals surface area contributed by atoms with E-state index in [4.69, 9.17) is 4.74 Å². The lowest BCUT2D eigenvalue weighted by Gasteiger charge is -2.38. The molecule has 0 radical (unpaired) electrons. The number of anilines is 1. The molecular weight excluding hydrogens is 398 g/mol. The minimum absolute atomic E-state index is 0.0911. The van der Waals surface area contributed by atoms with E-state index in [9.17, 15) is 4.79 Å². The summed E-state index contributed by atoms with van der Waals surface area (Å²) in [5.41, 5.74) is 5.00. The molecule has 1 amide bonds. The van der Waals surface area contributed by atoms with Gasteiger partial charge in [-0.2, -0.15) is 0 Å². The normalized spacial score (nSPS) is 18.8. The first kappa shape index (κ1) is 22.7. The summed E-state index contributed by atoms with van der Waals surface area (Å²) in [5, 5.41) is 0. The fraction of sp³-hybridized carbons (Fsp3) is 0.519. The van der Waals surface area contributed by atoms with E-state index in [-0.39, 0.29) is 12.1 Å². The first-order valence-electron chi connectivity index (χ1n) is 12.3. The first-order valence-corrected chi connectivity index (χ1v) is 12.3. The van der Waals surface area contributed by atoms with Gasteiger partial charge in [-0.1, -0.05) is 43.3 Å². The third-order valence-corrected chi connectivity index (χ3v) is 6.85. The summed E-state index contributed by atoms with van der Waals surface area (Å²) < 4.78 is 5.70. The molecule has 0 spiro atoms. The van der Waals surface area contributed by atoms with Gasteiger partial charge in [0.25, 0.3) is 0 Å². The van der Waals surface area contributed by atoms with E-state index in [1.54, 1.807) is 0 Å². The van der Waals surface area contributed by atoms with Crippen molar-refractivity contribution in [3.63, 3.8) is 0 Å². The van der Waals surface area contributed by atoms with Crippen LogP contribution in [0.4, 0.5) is 10.5 Å². The number of nitrogens with zero attached hydrogens (tertiary/aromatic N) is 3. The molecule has 1 fully saturated rings. The van der Waals surface area contributed by atoms with Gasteiger partial charge < -0.3 is 14.5 Å². The van der Waals surface area contributed by atoms with Crippen LogP contribution in [0.2, 0.25) is 0 Å². The Labute approximate surface area is 193 Å². The number of aryl methyl sites for hydroxylation is 1. The SMILES string of the molecule is CCCN1CCN(c2ccc3c(c2)C(N(CC)C(=O)OCc2ccccc2)CCC3)CC1. The van der Waals surface area contributed by atoms with Gasteiger partial charge in [0, 0.05) is 38.4 Å². The van der Waals surface area contributed by atoms with Crippen molar-refractivity contribution in [3.05, 3.63) is 65.2 Å². The summed E-state index contributed by atoms with van der Waals surface area (Å²) in [6, 6.07) is 16.9. The molecule has 0 N–H and O–H groups in total. The molecule has 2 aliphatic rings. The number of rotatable bonds is 7. The molecule has 1 aliphatic carbocycles. The molecule has 172 valence electrons. The van der Waals surface area contributed by atoms with Gasteiger partial charge in [-0.15, -0.1) is 0 Å². The highest BCUT2D eigenvalue weighted by Crippen LogP contribution is 2.37. The van der Waals surface area contributed by atoms with Crippen molar-refractivity contribution in [2.24, 2.45) is 0 Å². The topological polar surface area (TPSA) is 36.0 Å². The number of fused-ring (bicyclic) bond motifs is 1. The molecule has 1 atom stereocenters. The maximum Gasteiger partial charge on any atom is 0.410 e. The number of carbonyl (C=O) groups excluding carboxylic acids is 1. The van der Waals surface area contributed by atoms with Gasteiger partial charge in [-0.05, 0) is 68.0 Å². The van der Waals surface area contributed by atoms with Crippen molar-refractivity contribution in [1.29, 1.82) is 0 Å². The predicted molar refractivity (Wildman–Crippen MR) is 130 cm³/mol. The van der Waals surface area contributed by atoms with Gasteiger partial charge >= 0.3 is 6.09 Å². The molecule has 1 aliphatic heterocycles. The number of hydrogen-bond donors (Lipinski definition) is 0. The van der Waals surface area contributed by atoms with Crippen LogP contribution in [0.1, 0.15) is 55.8 Å². The van der Waals surface area contributed by atoms with Crippen molar-refractivity contribution < 1.29 is 9.53 Å². The van der Waals surface area contributed by atoms with Gasteiger partial charge in [0.05, 0.1) is 6.04 Å². The van der Waals surface area contributed by atoms with Crippen LogP contribution in [0.15, 0.2) is 48.5 Å². The van der Waals surface area contributed by atoms with Crippen molar-refractivity contribution in [3.8, 4) is 0 Å². The molecule has 5 nitrogen and oxygen atoms in total. The van der Waals surface area contributed by atoms with E-state index in [0.29, 0.717) is 13.2 Å². The van der Waals surface area contributed by atoms with E-state index >= 15 is 0 Å². The maximum absolute atomic E-state index is 13.0. The van der Waals surface area contributed by atoms with E-state index in [0.717, 1.165) is 51.0 Å². The van der Waals surface area contributed by atoms with E-state index in [2.05, 4.69) is 41.8 Å². The number of piperazine rings is 1. The van der Waals surface area contributed by atoms with Crippen LogP contribution in [-0.2, 0) is 17.8 Å². The van der Waals surface area contributed by atoms with Gasteiger partial charge in [0.15, 0.2) is 0 Å². The highest BCUT2D eigenvalue weighted by molar-refractivity contribution is 5.69. The lowest BCUT2D eigenvalue weighted by molar-refractivity contribution is 0.0787. The van der Waals surface area contributed by atoms with Crippen molar-refractivity contribution in [2.45, 2.75) is 52.2 Å². The second-order valence-electron chi connectivity index (χ2n) is 8.95. The number of carbonyl (C=O) groups is 1. The van der Waals surface area contributed by atoms with Gasteiger partial charge in [0.2, 0.25) is 0 Å². The Morgan fingerprint density at radius 3 is 2.56 bits per heavy atom. The third-order valence-electron chi connectivity index (χ3n) is 6.85. The summed E-state index contributed by atoms with van der Waals surface area (Å²) in [5.74, 6) is 0. The molecule has 0 bridgehead atoms. The minimum atomic E-state index is -0.215. The third kappa shape index (κ3) is 5.26. The van der Waals surface area contributed by atoms with Crippen LogP contribution < -0.4 is 4.90 Å². The van der Waals surface area contributed by atoms with Crippen LogP contribution in [0.3, 0.4) is 0 Å². The number of amides is 1. The minimum Gasteiger partial charge on any atom is -0.445 e. The predicted octanol–water partition coefficient (Wildman–Crippen LogP) is 5.25. The van der Waals surface area contributed by atoms with Gasteiger partial charge in [-0.25, -0.2) is 4.79 Å². The van der Waals surface area contributed by atoms with E-state index < -0.39 is 0 Å². The quantitative estimate of drug-likeness (QED) is 0.595. The molecule has 0 aromatic heterocycles. The zero-order valence-electron chi connectivity index (χ0n) is 19.6. The zero-order chi connectivity index (χ0) is 22.3. The highest BCUT2D eigenvalue weighted by Gasteiger charge is 2.30. The smallest absolute Gasteiger partial charge is 0.410 e. The number of hydrogen-bond acceptors (Lipinski definition) is 4. The summed E-state index contributed by atoms with van der Waals surface area (Å²) >= 11 is 0. The average molecular weight is 436 g/mol. The zero-order valence-corrected chi connectivity index (χ0v) is 19.6. The number of ether oxygens (including phenoxy) is 1. The summed E-state index contributed by atoms with van der Waals surface area (Å²) in [7, 11) is 0. The van der Waals surface area contributed by atoms with E-state index in [1.165, 1.54) is 29.8 Å². The molecule has 2 aromatic carbocycles. The highest BCUT2D eigenvalue weighted by atomic mass is 16.6. The standard InChI is InChI=1S/C27H37N3O2/c1-3-15-28-16-18-29(19-17-28)24-14-13-23-11-8-12-26(25(23)20-24)30(4-2)27(31)32-21-22-9-6-5-7-10-22/h5-7,9-10,13-14,20,26H,3-4,8,11-12,15-19,21H2,1-2H3. The van der Waals surface area contributed by atoms with Crippen LogP contribution in [-0.4, -0.2) is 55.2 Å². The molecule has 32 heavy (non-hydrogen) atoms. The van der Waals surface area contributed by atoms with Crippen molar-refractivity contribution in [1.82, 2.24) is 9.80 Å². The molecule has 1 heterocycles. The van der Waals surface area contributed by atoms with Crippen molar-refractivity contribution >= 4 is 11.8 Å². The lowest BCUT2D eigenvalue weighted by Crippen LogP contribution is -2.46. The Morgan fingerprint density at radius 1 is 1.06 bits per heavy atom. The second-order valence-corrected chi connectivity index (χ2v) is 8.95. The van der Waals surface area contributed by atoms with Crippen LogP contribution in [0, 0.1) is 0 Å². The Bertz CT molecular complexity index is 878. The van der Waals surface area contributed by atoms with Gasteiger partial charge in [-0.3, -0.25) is 4.90 Å². The Balaban J connectivity index is 1.47. The first-order chi connectivity index (χ1) is 15.7. The van der Waals surface area contributed by atoms with E-state index in [1.807, 2.05) is 35.2 Å². The Hall–Kier alpha value is -2.53. The Kier molecular flexibility index (Phi) is 7.69. The number of benzene rings is 2. The Morgan fingerprint density at radius 2 is 1.84 bits per heavy atom. The second kappa shape index (κ2) is 10.9. The molecule has 2 aromatic rings. The summed E-state index contributed by atoms with van der Waals surface area (Å²) in [6.07, 6.45) is 4.19. The molecule has 0 saturated carbocycles. The average Bonchev–Trinajstić information content (AvgIpc) is 2.84. The fourth-order valence-electron chi connectivity index (χ4n) is 5.11. The maximum atomic E-state index is 13.0. The van der Waals surface area contributed by atoms with Crippen molar-refractivity contribution in [2.75, 3.05) is 44.2 Å². The molecule has 5 heteroatoms. The van der Waals surface area contributed by atoms with Crippen LogP contribution in [0.25, 0.3) is 0 Å². The van der Waals surface area contributed by atoms with Crippen LogP contribution >= 0.6 is 0 Å². The molecular formula is C27H37N3O2. The van der Waals surface area contributed by atoms with Crippen LogP contribution in [0.5, 0.6) is 0 Å². The summed E-state index contributed by atoms with van der Waals surface area (Å²) in [4.78, 5) is 20.0. The molecule has 4 rings (SSSR count). The summed E-state index contributed by atoms with van der Waals surface area (Å²) in [6.45, 7) is 10.9. The molecule has 1 unspecified atom stereocenters. The molecule has 1 saturated heterocycles. The largest absolute Gasteiger partial charge is 0.445 e. The van der Waals surface area contributed by atoms with Gasteiger partial charge in [0.1, 0.15) is 6.61 Å². The lowest BCUT2D eigenvalue weighted by atomic mass is 9.86. The monoisotopic (exact) mass is 435 g/mol. The fourth-order valence-corrected chi connectivity index (χ4v) is 5.11.